The summed E-state index contributed by atoms with van der Waals surface area (Å²) in [4.78, 5) is 12.5. The highest BCUT2D eigenvalue weighted by Gasteiger charge is 2.37. The minimum Gasteiger partial charge on any atom is -0.308 e. The first-order valence-electron chi connectivity index (χ1n) is 9.92. The van der Waals surface area contributed by atoms with E-state index in [1.165, 1.54) is 30.3 Å². The third kappa shape index (κ3) is 5.59. The van der Waals surface area contributed by atoms with Crippen molar-refractivity contribution >= 4 is 17.4 Å². The van der Waals surface area contributed by atoms with Crippen LogP contribution in [0.15, 0.2) is 60.7 Å². The summed E-state index contributed by atoms with van der Waals surface area (Å²) < 4.78 is 91.8. The van der Waals surface area contributed by atoms with E-state index < -0.39 is 41.0 Å². The number of halogens is 7. The van der Waals surface area contributed by atoms with Crippen molar-refractivity contribution in [1.29, 1.82) is 0 Å². The zero-order chi connectivity index (χ0) is 26.1. The van der Waals surface area contributed by atoms with Crippen LogP contribution < -0.4 is 10.6 Å². The van der Waals surface area contributed by atoms with Gasteiger partial charge in [0.15, 0.2) is 5.82 Å². The maximum absolute atomic E-state index is 13.3. The van der Waals surface area contributed by atoms with Gasteiger partial charge in [-0.05, 0) is 64.0 Å². The normalized spacial score (nSPS) is 11.9. The van der Waals surface area contributed by atoms with Crippen LogP contribution in [0.25, 0.3) is 22.5 Å². The molecule has 0 bridgehead atoms. The molecule has 0 aliphatic carbocycles. The first-order chi connectivity index (χ1) is 16.9. The SMILES string of the molecule is O=C(Nc1cc(C(F)(F)F)cc(C(F)(F)F)c1)Nc1ccc(-c2ccc(F)cc2)cc1-c1nnn[nH]1. The van der Waals surface area contributed by atoms with E-state index in [4.69, 9.17) is 0 Å². The number of urea groups is 1. The minimum absolute atomic E-state index is 0.0493. The summed E-state index contributed by atoms with van der Waals surface area (Å²) in [5.41, 5.74) is -2.35. The topological polar surface area (TPSA) is 95.6 Å². The number of H-pyrrole nitrogens is 1. The molecule has 0 aliphatic heterocycles. The molecule has 4 aromatic rings. The van der Waals surface area contributed by atoms with E-state index in [1.807, 2.05) is 5.32 Å². The quantitative estimate of drug-likeness (QED) is 0.279. The summed E-state index contributed by atoms with van der Waals surface area (Å²) in [6.45, 7) is 0. The molecule has 3 N–H and O–H groups in total. The molecule has 186 valence electrons. The molecule has 0 saturated heterocycles. The molecule has 1 aromatic heterocycles. The van der Waals surface area contributed by atoms with Crippen LogP contribution in [-0.4, -0.2) is 26.7 Å². The molecule has 4 rings (SSSR count). The van der Waals surface area contributed by atoms with Crippen molar-refractivity contribution in [3.63, 3.8) is 0 Å². The van der Waals surface area contributed by atoms with Crippen molar-refractivity contribution in [2.75, 3.05) is 10.6 Å². The third-order valence-corrected chi connectivity index (χ3v) is 4.89. The molecular weight excluding hydrogens is 497 g/mol. The average molecular weight is 510 g/mol. The van der Waals surface area contributed by atoms with Gasteiger partial charge in [-0.2, -0.15) is 26.3 Å². The Morgan fingerprint density at radius 2 is 1.39 bits per heavy atom. The number of anilines is 2. The summed E-state index contributed by atoms with van der Waals surface area (Å²) in [7, 11) is 0. The van der Waals surface area contributed by atoms with Crippen molar-refractivity contribution < 1.29 is 35.5 Å². The van der Waals surface area contributed by atoms with Crippen LogP contribution in [0.4, 0.5) is 46.9 Å². The Morgan fingerprint density at radius 3 is 1.94 bits per heavy atom. The fraction of sp³-hybridized carbons (Fsp3) is 0.0909. The van der Waals surface area contributed by atoms with Gasteiger partial charge in [0.25, 0.3) is 0 Å². The molecule has 0 spiro atoms. The van der Waals surface area contributed by atoms with E-state index >= 15 is 0 Å². The Hall–Kier alpha value is -4.49. The van der Waals surface area contributed by atoms with Crippen molar-refractivity contribution in [2.45, 2.75) is 12.4 Å². The number of tetrazole rings is 1. The molecule has 14 heteroatoms. The molecule has 0 fully saturated rings. The zero-order valence-electron chi connectivity index (χ0n) is 17.7. The number of carbonyl (C=O) groups is 1. The smallest absolute Gasteiger partial charge is 0.308 e. The molecular formula is C22H13F7N6O. The lowest BCUT2D eigenvalue weighted by molar-refractivity contribution is -0.143. The number of hydrogen-bond donors (Lipinski definition) is 3. The summed E-state index contributed by atoms with van der Waals surface area (Å²) in [6.07, 6.45) is -10.1. The summed E-state index contributed by atoms with van der Waals surface area (Å²) >= 11 is 0. The number of nitrogens with zero attached hydrogens (tertiary/aromatic N) is 3. The Labute approximate surface area is 197 Å². The molecule has 3 aromatic carbocycles. The summed E-state index contributed by atoms with van der Waals surface area (Å²) in [6, 6.07) is 9.64. The molecule has 0 radical (unpaired) electrons. The van der Waals surface area contributed by atoms with Crippen LogP contribution in [-0.2, 0) is 12.4 Å². The van der Waals surface area contributed by atoms with Crippen LogP contribution >= 0.6 is 0 Å². The number of benzene rings is 3. The predicted molar refractivity (Wildman–Crippen MR) is 114 cm³/mol. The molecule has 1 heterocycles. The van der Waals surface area contributed by atoms with Gasteiger partial charge >= 0.3 is 18.4 Å². The van der Waals surface area contributed by atoms with Crippen molar-refractivity contribution in [1.82, 2.24) is 20.6 Å². The number of hydrogen-bond acceptors (Lipinski definition) is 4. The van der Waals surface area contributed by atoms with Crippen molar-refractivity contribution in [3.8, 4) is 22.5 Å². The van der Waals surface area contributed by atoms with Gasteiger partial charge in [0, 0.05) is 11.3 Å². The highest BCUT2D eigenvalue weighted by Crippen LogP contribution is 2.38. The van der Waals surface area contributed by atoms with Gasteiger partial charge in [0.05, 0.1) is 16.8 Å². The summed E-state index contributed by atoms with van der Waals surface area (Å²) in [5, 5.41) is 17.5. The number of carbonyl (C=O) groups excluding carboxylic acids is 1. The largest absolute Gasteiger partial charge is 0.416 e. The van der Waals surface area contributed by atoms with Crippen LogP contribution in [0, 0.1) is 5.82 Å². The van der Waals surface area contributed by atoms with Gasteiger partial charge in [0.2, 0.25) is 0 Å². The molecule has 2 amide bonds. The molecule has 0 unspecified atom stereocenters. The monoisotopic (exact) mass is 510 g/mol. The third-order valence-electron chi connectivity index (χ3n) is 4.89. The van der Waals surface area contributed by atoms with Crippen LogP contribution in [0.1, 0.15) is 11.1 Å². The van der Waals surface area contributed by atoms with Gasteiger partial charge in [-0.3, -0.25) is 0 Å². The van der Waals surface area contributed by atoms with Gasteiger partial charge < -0.3 is 10.6 Å². The Bertz CT molecular complexity index is 1350. The highest BCUT2D eigenvalue weighted by atomic mass is 19.4. The van der Waals surface area contributed by atoms with Crippen LogP contribution in [0.2, 0.25) is 0 Å². The molecule has 0 saturated carbocycles. The van der Waals surface area contributed by atoms with Gasteiger partial charge in [-0.1, -0.05) is 18.2 Å². The second-order valence-corrected chi connectivity index (χ2v) is 7.39. The lowest BCUT2D eigenvalue weighted by atomic mass is 10.0. The van der Waals surface area contributed by atoms with Gasteiger partial charge in [0.1, 0.15) is 5.82 Å². The van der Waals surface area contributed by atoms with E-state index in [1.54, 1.807) is 12.1 Å². The Balaban J connectivity index is 1.64. The van der Waals surface area contributed by atoms with E-state index in [2.05, 4.69) is 25.9 Å². The Morgan fingerprint density at radius 1 is 0.778 bits per heavy atom. The lowest BCUT2D eigenvalue weighted by Crippen LogP contribution is -2.21. The fourth-order valence-corrected chi connectivity index (χ4v) is 3.26. The van der Waals surface area contributed by atoms with Crippen molar-refractivity contribution in [2.24, 2.45) is 0 Å². The lowest BCUT2D eigenvalue weighted by Gasteiger charge is -2.16. The molecule has 0 aliphatic rings. The standard InChI is InChI=1S/C22H13F7N6O/c23-15-4-1-11(2-5-15)12-3-6-18(17(7-12)19-32-34-35-33-19)31-20(36)30-16-9-13(21(24,25)26)8-14(10-16)22(27,28)29/h1-10H,(H2,30,31,36)(H,32,33,34,35). The van der Waals surface area contributed by atoms with Gasteiger partial charge in [-0.15, -0.1) is 5.10 Å². The first kappa shape index (κ1) is 24.6. The molecule has 0 atom stereocenters. The zero-order valence-corrected chi connectivity index (χ0v) is 17.7. The number of amides is 2. The van der Waals surface area contributed by atoms with Crippen LogP contribution in [0.5, 0.6) is 0 Å². The predicted octanol–water partition coefficient (Wildman–Crippen LogP) is 6.35. The maximum atomic E-state index is 13.3. The second-order valence-electron chi connectivity index (χ2n) is 7.39. The van der Waals surface area contributed by atoms with E-state index in [0.717, 1.165) is 0 Å². The highest BCUT2D eigenvalue weighted by molar-refractivity contribution is 6.02. The van der Waals surface area contributed by atoms with Crippen molar-refractivity contribution in [3.05, 3.63) is 77.6 Å². The first-order valence-corrected chi connectivity index (χ1v) is 9.92. The second kappa shape index (κ2) is 9.28. The van der Waals surface area contributed by atoms with E-state index in [0.29, 0.717) is 23.3 Å². The minimum atomic E-state index is -5.07. The number of aromatic amines is 1. The fourth-order valence-electron chi connectivity index (χ4n) is 3.26. The summed E-state index contributed by atoms with van der Waals surface area (Å²) in [5.74, 6) is -0.343. The average Bonchev–Trinajstić information content (AvgIpc) is 3.33. The number of aromatic nitrogens is 4. The maximum Gasteiger partial charge on any atom is 0.416 e. The van der Waals surface area contributed by atoms with Gasteiger partial charge in [-0.25, -0.2) is 14.3 Å². The molecule has 36 heavy (non-hydrogen) atoms. The Kier molecular flexibility index (Phi) is 6.35. The molecule has 7 nitrogen and oxygen atoms in total. The van der Waals surface area contributed by atoms with E-state index in [-0.39, 0.29) is 23.1 Å². The van der Waals surface area contributed by atoms with E-state index in [9.17, 15) is 35.5 Å². The number of nitrogens with one attached hydrogen (secondary N) is 3. The van der Waals surface area contributed by atoms with Crippen LogP contribution in [0.3, 0.4) is 0 Å². The number of rotatable bonds is 4. The number of alkyl halides is 6.